The molecule has 2 heterocycles. The van der Waals surface area contributed by atoms with Gasteiger partial charge in [0.15, 0.2) is 5.75 Å². The molecule has 0 amide bonds. The Balaban J connectivity index is 2.17. The third-order valence-corrected chi connectivity index (χ3v) is 4.07. The number of hydrogen-bond acceptors (Lipinski definition) is 8. The first kappa shape index (κ1) is 18.4. The molecule has 1 aromatic carbocycles. The minimum absolute atomic E-state index is 0.128. The molecule has 10 nitrogen and oxygen atoms in total. The van der Waals surface area contributed by atoms with Crippen molar-refractivity contribution in [2.45, 2.75) is 32.9 Å². The Kier molecular flexibility index (Phi) is 4.80. The van der Waals surface area contributed by atoms with E-state index in [0.29, 0.717) is 22.8 Å². The second-order valence-corrected chi connectivity index (χ2v) is 6.24. The van der Waals surface area contributed by atoms with Gasteiger partial charge in [0.1, 0.15) is 12.4 Å². The van der Waals surface area contributed by atoms with Gasteiger partial charge in [0.25, 0.3) is 0 Å². The summed E-state index contributed by atoms with van der Waals surface area (Å²) < 4.78 is 11.9. The quantitative estimate of drug-likeness (QED) is 0.482. The summed E-state index contributed by atoms with van der Waals surface area (Å²) >= 11 is 0. The predicted octanol–water partition coefficient (Wildman–Crippen LogP) is 2.44. The van der Waals surface area contributed by atoms with Crippen molar-refractivity contribution in [3.05, 3.63) is 51.5 Å². The van der Waals surface area contributed by atoms with E-state index < -0.39 is 16.9 Å². The lowest BCUT2D eigenvalue weighted by Crippen LogP contribution is -2.30. The van der Waals surface area contributed by atoms with E-state index in [1.165, 1.54) is 30.3 Å². The Morgan fingerprint density at radius 1 is 1.41 bits per heavy atom. The van der Waals surface area contributed by atoms with E-state index in [9.17, 15) is 14.9 Å². The minimum Gasteiger partial charge on any atom is -0.490 e. The first-order valence-electron chi connectivity index (χ1n) is 8.24. The summed E-state index contributed by atoms with van der Waals surface area (Å²) in [5.74, 6) is 0.0280. The van der Waals surface area contributed by atoms with Crippen molar-refractivity contribution in [2.75, 3.05) is 12.4 Å². The number of allylic oxidation sites excluding steroid dienone is 1. The summed E-state index contributed by atoms with van der Waals surface area (Å²) in [6.07, 6.45) is 1.03. The van der Waals surface area contributed by atoms with Crippen molar-refractivity contribution in [2.24, 2.45) is 0 Å². The number of carbonyl (C=O) groups is 1. The lowest BCUT2D eigenvalue weighted by atomic mass is 9.95. The zero-order valence-corrected chi connectivity index (χ0v) is 15.3. The van der Waals surface area contributed by atoms with Crippen LogP contribution in [0.15, 0.2) is 35.8 Å². The molecule has 1 aliphatic rings. The summed E-state index contributed by atoms with van der Waals surface area (Å²) in [5.41, 5.74) is 1.14. The van der Waals surface area contributed by atoms with Crippen LogP contribution in [-0.2, 0) is 9.53 Å². The third kappa shape index (κ3) is 3.33. The van der Waals surface area contributed by atoms with Gasteiger partial charge in [-0.3, -0.25) is 10.1 Å². The highest BCUT2D eigenvalue weighted by atomic mass is 16.6. The van der Waals surface area contributed by atoms with Crippen LogP contribution in [0.2, 0.25) is 0 Å². The predicted molar refractivity (Wildman–Crippen MR) is 95.4 cm³/mol. The lowest BCUT2D eigenvalue weighted by molar-refractivity contribution is -0.385. The summed E-state index contributed by atoms with van der Waals surface area (Å²) in [6.45, 7) is 5.22. The van der Waals surface area contributed by atoms with E-state index in [-0.39, 0.29) is 17.5 Å². The molecule has 1 atom stereocenters. The molecule has 0 radical (unpaired) electrons. The van der Waals surface area contributed by atoms with Gasteiger partial charge < -0.3 is 14.8 Å². The Morgan fingerprint density at radius 3 is 2.78 bits per heavy atom. The lowest BCUT2D eigenvalue weighted by Gasteiger charge is -2.28. The van der Waals surface area contributed by atoms with Crippen LogP contribution in [0.5, 0.6) is 5.75 Å². The zero-order chi connectivity index (χ0) is 19.7. The maximum atomic E-state index is 12.7. The van der Waals surface area contributed by atoms with Gasteiger partial charge in [-0.1, -0.05) is 6.07 Å². The fraction of sp³-hybridized carbons (Fsp3) is 0.353. The number of fused-ring (bicyclic) bond motifs is 1. The molecule has 10 heteroatoms. The van der Waals surface area contributed by atoms with Crippen LogP contribution in [0.3, 0.4) is 0 Å². The molecule has 142 valence electrons. The Morgan fingerprint density at radius 2 is 2.15 bits per heavy atom. The highest BCUT2D eigenvalue weighted by molar-refractivity contribution is 5.92. The minimum atomic E-state index is -0.723. The van der Waals surface area contributed by atoms with Crippen molar-refractivity contribution in [1.82, 2.24) is 14.8 Å². The molecular formula is C17H19N5O5. The fourth-order valence-electron chi connectivity index (χ4n) is 2.96. The average Bonchev–Trinajstić information content (AvgIpc) is 3.07. The second-order valence-electron chi connectivity index (χ2n) is 6.24. The molecule has 2 aromatic rings. The summed E-state index contributed by atoms with van der Waals surface area (Å²) in [4.78, 5) is 27.7. The third-order valence-electron chi connectivity index (χ3n) is 4.07. The number of aromatic nitrogens is 3. The van der Waals surface area contributed by atoms with Crippen LogP contribution in [0, 0.1) is 10.1 Å². The maximum Gasteiger partial charge on any atom is 0.338 e. The van der Waals surface area contributed by atoms with E-state index >= 15 is 0 Å². The van der Waals surface area contributed by atoms with E-state index in [2.05, 4.69) is 15.4 Å². The normalized spacial score (nSPS) is 16.0. The number of benzene rings is 1. The first-order chi connectivity index (χ1) is 12.8. The number of nitro groups is 1. The fourth-order valence-corrected chi connectivity index (χ4v) is 2.96. The molecule has 0 unspecified atom stereocenters. The molecule has 0 saturated carbocycles. The molecule has 27 heavy (non-hydrogen) atoms. The van der Waals surface area contributed by atoms with Crippen molar-refractivity contribution >= 4 is 17.6 Å². The van der Waals surface area contributed by atoms with Gasteiger partial charge in [-0.15, -0.1) is 0 Å². The van der Waals surface area contributed by atoms with Crippen LogP contribution in [0.1, 0.15) is 32.4 Å². The number of nitrogens with one attached hydrogen (secondary N) is 1. The molecule has 1 aromatic heterocycles. The van der Waals surface area contributed by atoms with Gasteiger partial charge >= 0.3 is 11.7 Å². The average molecular weight is 373 g/mol. The topological polar surface area (TPSA) is 121 Å². The standard InChI is InChI=1S/C17H19N5O5/c1-9(2)27-16(23)14-10(3)20-17-18-8-19-21(17)15(14)11-5-6-13(26-4)12(7-11)22(24)25/h5-9,15H,1-4H3,(H,18,19,20)/t15-/m0/s1. The highest BCUT2D eigenvalue weighted by Crippen LogP contribution is 2.38. The van der Waals surface area contributed by atoms with E-state index in [4.69, 9.17) is 9.47 Å². The van der Waals surface area contributed by atoms with Gasteiger partial charge in [-0.05, 0) is 32.4 Å². The van der Waals surface area contributed by atoms with Gasteiger partial charge in [0.05, 0.1) is 23.7 Å². The number of methoxy groups -OCH3 is 1. The number of ether oxygens (including phenoxy) is 2. The van der Waals surface area contributed by atoms with Crippen LogP contribution < -0.4 is 10.1 Å². The largest absolute Gasteiger partial charge is 0.490 e. The highest BCUT2D eigenvalue weighted by Gasteiger charge is 2.35. The number of hydrogen-bond donors (Lipinski definition) is 1. The van der Waals surface area contributed by atoms with Gasteiger partial charge in [-0.25, -0.2) is 9.48 Å². The number of nitrogens with zero attached hydrogens (tertiary/aromatic N) is 4. The second kappa shape index (κ2) is 7.06. The number of rotatable bonds is 5. The number of esters is 1. The molecule has 3 rings (SSSR count). The SMILES string of the molecule is COc1ccc([C@H]2C(C(=O)OC(C)C)=C(C)Nc3ncnn32)cc1[N+](=O)[O-]. The zero-order valence-electron chi connectivity index (χ0n) is 15.3. The maximum absolute atomic E-state index is 12.7. The summed E-state index contributed by atoms with van der Waals surface area (Å²) in [6, 6.07) is 3.80. The molecule has 1 aliphatic heterocycles. The monoisotopic (exact) mass is 373 g/mol. The molecular weight excluding hydrogens is 354 g/mol. The van der Waals surface area contributed by atoms with E-state index in [0.717, 1.165) is 0 Å². The molecule has 1 N–H and O–H groups in total. The van der Waals surface area contributed by atoms with Crippen molar-refractivity contribution in [3.8, 4) is 5.75 Å². The number of anilines is 1. The number of carbonyl (C=O) groups excluding carboxylic acids is 1. The van der Waals surface area contributed by atoms with Crippen LogP contribution in [-0.4, -0.2) is 38.9 Å². The van der Waals surface area contributed by atoms with Gasteiger partial charge in [0.2, 0.25) is 5.95 Å². The Labute approximate surface area is 154 Å². The van der Waals surface area contributed by atoms with Gasteiger partial charge in [-0.2, -0.15) is 10.1 Å². The van der Waals surface area contributed by atoms with Crippen molar-refractivity contribution < 1.29 is 19.2 Å². The van der Waals surface area contributed by atoms with E-state index in [1.54, 1.807) is 26.8 Å². The first-order valence-corrected chi connectivity index (χ1v) is 8.24. The van der Waals surface area contributed by atoms with Crippen LogP contribution >= 0.6 is 0 Å². The molecule has 0 fully saturated rings. The molecule has 0 spiro atoms. The molecule has 0 bridgehead atoms. The molecule has 0 aliphatic carbocycles. The van der Waals surface area contributed by atoms with Crippen molar-refractivity contribution in [1.29, 1.82) is 0 Å². The summed E-state index contributed by atoms with van der Waals surface area (Å²) in [7, 11) is 1.36. The molecule has 0 saturated heterocycles. The Bertz CT molecular complexity index is 934. The van der Waals surface area contributed by atoms with Gasteiger partial charge in [0, 0.05) is 11.8 Å². The van der Waals surface area contributed by atoms with Crippen LogP contribution in [0.4, 0.5) is 11.6 Å². The van der Waals surface area contributed by atoms with Crippen molar-refractivity contribution in [3.63, 3.8) is 0 Å². The smallest absolute Gasteiger partial charge is 0.338 e. The summed E-state index contributed by atoms with van der Waals surface area (Å²) in [5, 5.41) is 18.6. The number of nitro benzene ring substituents is 1. The van der Waals surface area contributed by atoms with E-state index in [1.807, 2.05) is 0 Å². The van der Waals surface area contributed by atoms with Crippen LogP contribution in [0.25, 0.3) is 0 Å². The Hall–Kier alpha value is -3.43.